The van der Waals surface area contributed by atoms with Crippen LogP contribution in [0.3, 0.4) is 0 Å². The Hall–Kier alpha value is -2.34. The van der Waals surface area contributed by atoms with Crippen LogP contribution in [0.1, 0.15) is 16.8 Å². The zero-order valence-electron chi connectivity index (χ0n) is 14.0. The first kappa shape index (κ1) is 17.5. The minimum atomic E-state index is -0.244. The average molecular weight is 357 g/mol. The standard InChI is InChI=1S/C19H20FN3OS/c1-14-2-7-18-22-17(11-23(18)10-14)12-25-13-19(24)21-9-8-15-3-5-16(20)6-4-15/h2-7,10-11H,8-9,12-13H2,1H3,(H,21,24). The first-order valence-corrected chi connectivity index (χ1v) is 9.29. The van der Waals surface area contributed by atoms with Gasteiger partial charge in [-0.2, -0.15) is 0 Å². The van der Waals surface area contributed by atoms with Gasteiger partial charge in [0.1, 0.15) is 11.5 Å². The van der Waals surface area contributed by atoms with Crippen LogP contribution in [0.25, 0.3) is 5.65 Å². The van der Waals surface area contributed by atoms with E-state index in [2.05, 4.69) is 10.3 Å². The second kappa shape index (κ2) is 8.16. The Morgan fingerprint density at radius 3 is 2.80 bits per heavy atom. The predicted octanol–water partition coefficient (Wildman–Crippen LogP) is 3.37. The summed E-state index contributed by atoms with van der Waals surface area (Å²) in [6, 6.07) is 10.4. The number of aryl methyl sites for hydroxylation is 1. The number of hydrogen-bond donors (Lipinski definition) is 1. The number of rotatable bonds is 7. The molecule has 25 heavy (non-hydrogen) atoms. The number of pyridine rings is 1. The largest absolute Gasteiger partial charge is 0.355 e. The molecule has 0 fully saturated rings. The number of carbonyl (C=O) groups is 1. The number of imidazole rings is 1. The molecule has 0 unspecified atom stereocenters. The highest BCUT2D eigenvalue weighted by Crippen LogP contribution is 2.13. The summed E-state index contributed by atoms with van der Waals surface area (Å²) >= 11 is 1.54. The molecule has 0 saturated carbocycles. The third-order valence-electron chi connectivity index (χ3n) is 3.78. The van der Waals surface area contributed by atoms with Crippen molar-refractivity contribution in [1.29, 1.82) is 0 Å². The maximum atomic E-state index is 12.8. The second-order valence-electron chi connectivity index (χ2n) is 5.92. The van der Waals surface area contributed by atoms with Crippen LogP contribution < -0.4 is 5.32 Å². The van der Waals surface area contributed by atoms with Gasteiger partial charge in [0.25, 0.3) is 0 Å². The van der Waals surface area contributed by atoms with Crippen molar-refractivity contribution in [2.75, 3.05) is 12.3 Å². The number of carbonyl (C=O) groups excluding carboxylic acids is 1. The summed E-state index contributed by atoms with van der Waals surface area (Å²) in [6.45, 7) is 2.60. The Morgan fingerprint density at radius 2 is 2.00 bits per heavy atom. The van der Waals surface area contributed by atoms with Gasteiger partial charge >= 0.3 is 0 Å². The Kier molecular flexibility index (Phi) is 5.71. The van der Waals surface area contributed by atoms with E-state index in [4.69, 9.17) is 0 Å². The number of aromatic nitrogens is 2. The number of benzene rings is 1. The van der Waals surface area contributed by atoms with E-state index in [1.165, 1.54) is 17.7 Å². The minimum absolute atomic E-state index is 0.00622. The van der Waals surface area contributed by atoms with Crippen LogP contribution >= 0.6 is 11.8 Å². The smallest absolute Gasteiger partial charge is 0.230 e. The summed E-state index contributed by atoms with van der Waals surface area (Å²) in [6.07, 6.45) is 4.74. The molecule has 4 nitrogen and oxygen atoms in total. The molecule has 6 heteroatoms. The van der Waals surface area contributed by atoms with Crippen molar-refractivity contribution in [2.24, 2.45) is 0 Å². The van der Waals surface area contributed by atoms with Crippen LogP contribution in [-0.2, 0) is 17.0 Å². The number of fused-ring (bicyclic) bond motifs is 1. The molecule has 0 aliphatic carbocycles. The maximum absolute atomic E-state index is 12.8. The molecule has 130 valence electrons. The van der Waals surface area contributed by atoms with Crippen molar-refractivity contribution in [1.82, 2.24) is 14.7 Å². The number of hydrogen-bond acceptors (Lipinski definition) is 3. The summed E-state index contributed by atoms with van der Waals surface area (Å²) in [5, 5.41) is 2.89. The van der Waals surface area contributed by atoms with Gasteiger partial charge in [-0.05, 0) is 42.7 Å². The molecule has 1 N–H and O–H groups in total. The van der Waals surface area contributed by atoms with Crippen LogP contribution in [0.2, 0.25) is 0 Å². The van der Waals surface area contributed by atoms with Crippen LogP contribution in [0.15, 0.2) is 48.8 Å². The van der Waals surface area contributed by atoms with Crippen molar-refractivity contribution < 1.29 is 9.18 Å². The van der Waals surface area contributed by atoms with Gasteiger partial charge in [0.05, 0.1) is 11.4 Å². The van der Waals surface area contributed by atoms with Gasteiger partial charge in [-0.3, -0.25) is 4.79 Å². The number of thioether (sulfide) groups is 1. The van der Waals surface area contributed by atoms with E-state index < -0.39 is 0 Å². The van der Waals surface area contributed by atoms with E-state index in [-0.39, 0.29) is 11.7 Å². The van der Waals surface area contributed by atoms with Gasteiger partial charge in [-0.1, -0.05) is 18.2 Å². The van der Waals surface area contributed by atoms with E-state index in [0.29, 0.717) is 24.5 Å². The van der Waals surface area contributed by atoms with Crippen LogP contribution in [0, 0.1) is 12.7 Å². The summed E-state index contributed by atoms with van der Waals surface area (Å²) in [7, 11) is 0. The van der Waals surface area contributed by atoms with Gasteiger partial charge < -0.3 is 9.72 Å². The Morgan fingerprint density at radius 1 is 1.20 bits per heavy atom. The third-order valence-corrected chi connectivity index (χ3v) is 4.75. The van der Waals surface area contributed by atoms with Crippen LogP contribution in [0.4, 0.5) is 4.39 Å². The van der Waals surface area contributed by atoms with Crippen molar-refractivity contribution in [3.05, 3.63) is 71.4 Å². The van der Waals surface area contributed by atoms with Crippen LogP contribution in [0.5, 0.6) is 0 Å². The molecule has 0 atom stereocenters. The molecule has 3 aromatic rings. The fourth-order valence-electron chi connectivity index (χ4n) is 2.52. The number of nitrogens with zero attached hydrogens (tertiary/aromatic N) is 2. The quantitative estimate of drug-likeness (QED) is 0.705. The van der Waals surface area contributed by atoms with E-state index in [1.54, 1.807) is 23.9 Å². The minimum Gasteiger partial charge on any atom is -0.355 e. The van der Waals surface area contributed by atoms with Crippen molar-refractivity contribution >= 4 is 23.3 Å². The normalized spacial score (nSPS) is 11.0. The van der Waals surface area contributed by atoms with Crippen molar-refractivity contribution in [3.63, 3.8) is 0 Å². The number of nitrogens with one attached hydrogen (secondary N) is 1. The Bertz CT molecular complexity index is 861. The van der Waals surface area contributed by atoms with Crippen molar-refractivity contribution in [2.45, 2.75) is 19.1 Å². The van der Waals surface area contributed by atoms with Gasteiger partial charge in [-0.25, -0.2) is 9.37 Å². The Balaban J connectivity index is 1.39. The third kappa shape index (κ3) is 5.06. The molecule has 2 heterocycles. The zero-order chi connectivity index (χ0) is 17.6. The number of halogens is 1. The highest BCUT2D eigenvalue weighted by Gasteiger charge is 2.05. The monoisotopic (exact) mass is 357 g/mol. The van der Waals surface area contributed by atoms with E-state index >= 15 is 0 Å². The lowest BCUT2D eigenvalue weighted by Gasteiger charge is -2.05. The SMILES string of the molecule is Cc1ccc2nc(CSCC(=O)NCCc3ccc(F)cc3)cn2c1. The molecule has 0 radical (unpaired) electrons. The van der Waals surface area contributed by atoms with Gasteiger partial charge in [0.15, 0.2) is 0 Å². The molecular formula is C19H20FN3OS. The van der Waals surface area contributed by atoms with Crippen LogP contribution in [-0.4, -0.2) is 27.6 Å². The fraction of sp³-hybridized carbons (Fsp3) is 0.263. The molecule has 2 aromatic heterocycles. The van der Waals surface area contributed by atoms with Gasteiger partial charge in [0.2, 0.25) is 5.91 Å². The predicted molar refractivity (Wildman–Crippen MR) is 99.2 cm³/mol. The summed E-state index contributed by atoms with van der Waals surface area (Å²) < 4.78 is 14.8. The molecule has 1 amide bonds. The highest BCUT2D eigenvalue weighted by atomic mass is 32.2. The lowest BCUT2D eigenvalue weighted by atomic mass is 10.1. The molecule has 0 bridgehead atoms. The highest BCUT2D eigenvalue weighted by molar-refractivity contribution is 7.99. The molecule has 1 aromatic carbocycles. The molecule has 0 aliphatic rings. The summed E-state index contributed by atoms with van der Waals surface area (Å²) in [5.41, 5.74) is 4.08. The summed E-state index contributed by atoms with van der Waals surface area (Å²) in [5.74, 6) is 0.862. The van der Waals surface area contributed by atoms with Crippen molar-refractivity contribution in [3.8, 4) is 0 Å². The van der Waals surface area contributed by atoms with E-state index in [0.717, 1.165) is 16.9 Å². The molecule has 0 aliphatic heterocycles. The second-order valence-corrected chi connectivity index (χ2v) is 6.91. The topological polar surface area (TPSA) is 46.4 Å². The van der Waals surface area contributed by atoms with E-state index in [9.17, 15) is 9.18 Å². The summed E-state index contributed by atoms with van der Waals surface area (Å²) in [4.78, 5) is 16.4. The Labute approximate surface area is 150 Å². The van der Waals surface area contributed by atoms with Gasteiger partial charge in [0, 0.05) is 24.7 Å². The first-order chi connectivity index (χ1) is 12.1. The van der Waals surface area contributed by atoms with E-state index in [1.807, 2.05) is 35.9 Å². The molecule has 3 rings (SSSR count). The maximum Gasteiger partial charge on any atom is 0.230 e. The van der Waals surface area contributed by atoms with Gasteiger partial charge in [-0.15, -0.1) is 11.8 Å². The lowest BCUT2D eigenvalue weighted by molar-refractivity contribution is -0.118. The zero-order valence-corrected chi connectivity index (χ0v) is 14.9. The molecule has 0 saturated heterocycles. The molecule has 0 spiro atoms. The number of amides is 1. The molecular weight excluding hydrogens is 337 g/mol. The average Bonchev–Trinajstić information content (AvgIpc) is 2.98. The first-order valence-electron chi connectivity index (χ1n) is 8.13. The lowest BCUT2D eigenvalue weighted by Crippen LogP contribution is -2.27. The fourth-order valence-corrected chi connectivity index (χ4v) is 3.26.